The second kappa shape index (κ2) is 8.42. The number of amides is 1. The Bertz CT molecular complexity index is 1360. The quantitative estimate of drug-likeness (QED) is 0.453. The first-order chi connectivity index (χ1) is 15.0. The lowest BCUT2D eigenvalue weighted by Crippen LogP contribution is -2.14. The molecule has 1 N–H and O–H groups in total. The van der Waals surface area contributed by atoms with Crippen LogP contribution >= 0.6 is 11.6 Å². The topological polar surface area (TPSA) is 83.6 Å². The Labute approximate surface area is 184 Å². The van der Waals surface area contributed by atoms with E-state index in [1.165, 1.54) is 17.0 Å². The average Bonchev–Trinajstić information content (AvgIpc) is 3.16. The summed E-state index contributed by atoms with van der Waals surface area (Å²) in [6, 6.07) is 17.1. The third-order valence-electron chi connectivity index (χ3n) is 4.88. The number of carbonyl (C=O) groups is 1. The molecule has 2 aromatic carbocycles. The van der Waals surface area contributed by atoms with Crippen LogP contribution in [0, 0.1) is 25.2 Å². The fourth-order valence-electron chi connectivity index (χ4n) is 3.28. The maximum Gasteiger partial charge on any atom is 0.249 e. The number of rotatable bonds is 4. The van der Waals surface area contributed by atoms with Crippen molar-refractivity contribution in [1.82, 2.24) is 14.8 Å². The molecule has 2 aromatic heterocycles. The first-order valence-electron chi connectivity index (χ1n) is 9.56. The molecule has 0 radical (unpaired) electrons. The van der Waals surface area contributed by atoms with Gasteiger partial charge in [-0.3, -0.25) is 4.79 Å². The lowest BCUT2D eigenvalue weighted by atomic mass is 10.1. The van der Waals surface area contributed by atoms with Gasteiger partial charge in [-0.1, -0.05) is 41.9 Å². The van der Waals surface area contributed by atoms with E-state index in [1.807, 2.05) is 38.1 Å². The maximum atomic E-state index is 12.5. The van der Waals surface area contributed by atoms with Crippen molar-refractivity contribution in [3.05, 3.63) is 88.1 Å². The van der Waals surface area contributed by atoms with Gasteiger partial charge >= 0.3 is 0 Å². The molecule has 31 heavy (non-hydrogen) atoms. The van der Waals surface area contributed by atoms with Crippen LogP contribution in [0.25, 0.3) is 22.8 Å². The highest BCUT2D eigenvalue weighted by Gasteiger charge is 2.16. The van der Waals surface area contributed by atoms with Crippen LogP contribution < -0.4 is 5.32 Å². The Morgan fingerprint density at radius 3 is 2.68 bits per heavy atom. The van der Waals surface area contributed by atoms with Crippen LogP contribution in [-0.2, 0) is 4.79 Å². The Morgan fingerprint density at radius 2 is 1.94 bits per heavy atom. The fraction of sp³-hybridized carbons (Fsp3) is 0.0833. The van der Waals surface area contributed by atoms with E-state index in [0.717, 1.165) is 27.6 Å². The molecule has 0 saturated carbocycles. The van der Waals surface area contributed by atoms with Crippen LogP contribution in [0.5, 0.6) is 0 Å². The Hall–Kier alpha value is -3.95. The van der Waals surface area contributed by atoms with E-state index >= 15 is 0 Å². The Balaban J connectivity index is 1.69. The zero-order chi connectivity index (χ0) is 22.0. The number of pyridine rings is 1. The van der Waals surface area contributed by atoms with Gasteiger partial charge < -0.3 is 5.32 Å². The lowest BCUT2D eigenvalue weighted by Gasteiger charge is -2.11. The average molecular weight is 428 g/mol. The number of nitrogens with one attached hydrogen (secondary N) is 1. The number of para-hydroxylation sites is 1. The predicted octanol–water partition coefficient (Wildman–Crippen LogP) is 5.21. The molecule has 0 bridgehead atoms. The summed E-state index contributed by atoms with van der Waals surface area (Å²) in [6.07, 6.45) is 4.47. The monoisotopic (exact) mass is 427 g/mol. The van der Waals surface area contributed by atoms with Crippen molar-refractivity contribution in [3.8, 4) is 11.9 Å². The molecule has 0 spiro atoms. The summed E-state index contributed by atoms with van der Waals surface area (Å²) in [6.45, 7) is 3.99. The Morgan fingerprint density at radius 1 is 1.16 bits per heavy atom. The molecule has 7 heteroatoms. The molecule has 6 nitrogen and oxygen atoms in total. The van der Waals surface area contributed by atoms with Crippen LogP contribution in [0.3, 0.4) is 0 Å². The van der Waals surface area contributed by atoms with Gasteiger partial charge in [-0.05, 0) is 54.8 Å². The van der Waals surface area contributed by atoms with Gasteiger partial charge in [0.1, 0.15) is 11.6 Å². The molecule has 0 aliphatic rings. The van der Waals surface area contributed by atoms with Crippen molar-refractivity contribution in [2.45, 2.75) is 13.8 Å². The van der Waals surface area contributed by atoms with Crippen molar-refractivity contribution < 1.29 is 4.79 Å². The molecule has 0 saturated heterocycles. The summed E-state index contributed by atoms with van der Waals surface area (Å²) in [5, 5.41) is 18.2. The SMILES string of the molecule is Cc1cc(-n2ncc(C#N)c2NC(=O)/C=C/c2ccc(Cl)cc2)nc2c(C)cccc12. The number of nitrogens with zero attached hydrogens (tertiary/aromatic N) is 4. The number of hydrogen-bond acceptors (Lipinski definition) is 4. The van der Waals surface area contributed by atoms with Crippen molar-refractivity contribution >= 4 is 40.3 Å². The third-order valence-corrected chi connectivity index (χ3v) is 5.13. The highest BCUT2D eigenvalue weighted by atomic mass is 35.5. The molecule has 0 aliphatic heterocycles. The summed E-state index contributed by atoms with van der Waals surface area (Å²) < 4.78 is 1.48. The number of hydrogen-bond donors (Lipinski definition) is 1. The molecular weight excluding hydrogens is 410 g/mol. The number of benzene rings is 2. The molecule has 2 heterocycles. The molecule has 1 amide bonds. The van der Waals surface area contributed by atoms with Crippen LogP contribution in [0.1, 0.15) is 22.3 Å². The van der Waals surface area contributed by atoms with Gasteiger partial charge in [0.15, 0.2) is 11.6 Å². The highest BCUT2D eigenvalue weighted by molar-refractivity contribution is 6.30. The minimum absolute atomic E-state index is 0.248. The second-order valence-corrected chi connectivity index (χ2v) is 7.51. The predicted molar refractivity (Wildman–Crippen MR) is 122 cm³/mol. The molecule has 4 aromatic rings. The fourth-order valence-corrected chi connectivity index (χ4v) is 3.41. The zero-order valence-corrected chi connectivity index (χ0v) is 17.7. The van der Waals surface area contributed by atoms with Gasteiger partial charge in [-0.25, -0.2) is 4.98 Å². The van der Waals surface area contributed by atoms with Crippen molar-refractivity contribution in [2.24, 2.45) is 0 Å². The van der Waals surface area contributed by atoms with Gasteiger partial charge in [-0.2, -0.15) is 15.0 Å². The van der Waals surface area contributed by atoms with Crippen molar-refractivity contribution in [1.29, 1.82) is 5.26 Å². The number of nitriles is 1. The van der Waals surface area contributed by atoms with E-state index in [-0.39, 0.29) is 17.3 Å². The van der Waals surface area contributed by atoms with E-state index in [2.05, 4.69) is 16.5 Å². The van der Waals surface area contributed by atoms with Crippen LogP contribution in [-0.4, -0.2) is 20.7 Å². The maximum absolute atomic E-state index is 12.5. The lowest BCUT2D eigenvalue weighted by molar-refractivity contribution is -0.111. The number of aromatic nitrogens is 3. The summed E-state index contributed by atoms with van der Waals surface area (Å²) >= 11 is 5.89. The van der Waals surface area contributed by atoms with Crippen LogP contribution in [0.4, 0.5) is 5.82 Å². The number of fused-ring (bicyclic) bond motifs is 1. The molecule has 0 fully saturated rings. The van der Waals surface area contributed by atoms with Crippen molar-refractivity contribution in [2.75, 3.05) is 5.32 Å². The summed E-state index contributed by atoms with van der Waals surface area (Å²) in [7, 11) is 0. The molecule has 4 rings (SSSR count). The van der Waals surface area contributed by atoms with E-state index in [9.17, 15) is 10.1 Å². The second-order valence-electron chi connectivity index (χ2n) is 7.07. The third kappa shape index (κ3) is 4.18. The number of anilines is 1. The number of carbonyl (C=O) groups excluding carboxylic acids is 1. The molecule has 152 valence electrons. The summed E-state index contributed by atoms with van der Waals surface area (Å²) in [5.74, 6) is 0.410. The molecule has 0 atom stereocenters. The minimum Gasteiger partial charge on any atom is -0.306 e. The molecular formula is C24H18ClN5O. The van der Waals surface area contributed by atoms with Gasteiger partial charge in [0.25, 0.3) is 0 Å². The zero-order valence-electron chi connectivity index (χ0n) is 16.9. The number of halogens is 1. The highest BCUT2D eigenvalue weighted by Crippen LogP contribution is 2.25. The van der Waals surface area contributed by atoms with Gasteiger partial charge in [0, 0.05) is 16.5 Å². The normalized spacial score (nSPS) is 11.0. The van der Waals surface area contributed by atoms with Crippen LogP contribution in [0.2, 0.25) is 5.02 Å². The summed E-state index contributed by atoms with van der Waals surface area (Å²) in [4.78, 5) is 17.3. The van der Waals surface area contributed by atoms with Crippen LogP contribution in [0.15, 0.2) is 60.8 Å². The number of aryl methyl sites for hydroxylation is 2. The van der Waals surface area contributed by atoms with E-state index in [1.54, 1.807) is 30.3 Å². The first-order valence-corrected chi connectivity index (χ1v) is 9.94. The minimum atomic E-state index is -0.387. The van der Waals surface area contributed by atoms with Crippen molar-refractivity contribution in [3.63, 3.8) is 0 Å². The Kier molecular flexibility index (Phi) is 5.52. The molecule has 0 unspecified atom stereocenters. The summed E-state index contributed by atoms with van der Waals surface area (Å²) in [5.41, 5.74) is 3.99. The van der Waals surface area contributed by atoms with Gasteiger partial charge in [0.05, 0.1) is 11.7 Å². The van der Waals surface area contributed by atoms with Gasteiger partial charge in [-0.15, -0.1) is 0 Å². The van der Waals surface area contributed by atoms with E-state index in [4.69, 9.17) is 16.6 Å². The largest absolute Gasteiger partial charge is 0.306 e. The molecule has 0 aliphatic carbocycles. The van der Waals surface area contributed by atoms with E-state index in [0.29, 0.717) is 10.8 Å². The first kappa shape index (κ1) is 20.3. The standard InChI is InChI=1S/C24H18ClN5O/c1-15-4-3-5-20-16(2)12-21(28-23(15)20)30-24(18(13-26)14-27-30)29-22(31)11-8-17-6-9-19(25)10-7-17/h3-12,14H,1-2H3,(H,29,31)/b11-8+. The van der Waals surface area contributed by atoms with E-state index < -0.39 is 0 Å². The van der Waals surface area contributed by atoms with Gasteiger partial charge in [0.2, 0.25) is 5.91 Å². The smallest absolute Gasteiger partial charge is 0.249 e.